The van der Waals surface area contributed by atoms with Crippen LogP contribution in [0.25, 0.3) is 6.08 Å². The molecular formula is C26H25BrN2O6S. The number of benzene rings is 2. The van der Waals surface area contributed by atoms with Gasteiger partial charge in [-0.25, -0.2) is 9.79 Å². The highest BCUT2D eigenvalue weighted by Crippen LogP contribution is 2.34. The fourth-order valence-electron chi connectivity index (χ4n) is 4.03. The predicted octanol–water partition coefficient (Wildman–Crippen LogP) is 3.59. The molecule has 1 atom stereocenters. The van der Waals surface area contributed by atoms with Crippen molar-refractivity contribution in [3.05, 3.63) is 83.0 Å². The molecule has 188 valence electrons. The van der Waals surface area contributed by atoms with Crippen molar-refractivity contribution in [3.8, 4) is 17.2 Å². The number of ether oxygens (including phenoxy) is 4. The van der Waals surface area contributed by atoms with Crippen LogP contribution in [-0.2, 0) is 9.53 Å². The number of hydrogen-bond donors (Lipinski definition) is 0. The lowest BCUT2D eigenvalue weighted by Gasteiger charge is -2.24. The number of thiazole rings is 1. The van der Waals surface area contributed by atoms with Gasteiger partial charge in [0.15, 0.2) is 4.80 Å². The normalized spacial score (nSPS) is 15.3. The first kappa shape index (κ1) is 25.7. The Morgan fingerprint density at radius 1 is 1.11 bits per heavy atom. The van der Waals surface area contributed by atoms with Gasteiger partial charge in [0.1, 0.15) is 17.2 Å². The summed E-state index contributed by atoms with van der Waals surface area (Å²) in [7, 11) is 4.71. The maximum absolute atomic E-state index is 13.8. The van der Waals surface area contributed by atoms with E-state index in [1.165, 1.54) is 11.3 Å². The maximum Gasteiger partial charge on any atom is 0.338 e. The second-order valence-electron chi connectivity index (χ2n) is 7.80. The summed E-state index contributed by atoms with van der Waals surface area (Å²) in [5.41, 5.74) is 1.99. The molecule has 0 fully saturated rings. The van der Waals surface area contributed by atoms with Gasteiger partial charge in [-0.15, -0.1) is 0 Å². The predicted molar refractivity (Wildman–Crippen MR) is 141 cm³/mol. The number of halogens is 1. The Hall–Kier alpha value is -3.37. The fourth-order valence-corrected chi connectivity index (χ4v) is 5.59. The van der Waals surface area contributed by atoms with Gasteiger partial charge in [0, 0.05) is 11.6 Å². The molecular weight excluding hydrogens is 548 g/mol. The van der Waals surface area contributed by atoms with E-state index in [-0.39, 0.29) is 12.2 Å². The molecule has 1 aromatic heterocycles. The lowest BCUT2D eigenvalue weighted by atomic mass is 9.96. The van der Waals surface area contributed by atoms with E-state index in [1.807, 2.05) is 18.2 Å². The number of nitrogens with zero attached hydrogens (tertiary/aromatic N) is 2. The molecule has 4 rings (SSSR count). The molecule has 0 spiro atoms. The molecule has 2 heterocycles. The van der Waals surface area contributed by atoms with Crippen molar-refractivity contribution in [2.45, 2.75) is 19.9 Å². The Labute approximate surface area is 220 Å². The molecule has 0 amide bonds. The number of aromatic nitrogens is 1. The van der Waals surface area contributed by atoms with E-state index in [4.69, 9.17) is 18.9 Å². The number of carbonyl (C=O) groups excluding carboxylic acids is 1. The molecule has 0 saturated carbocycles. The molecule has 2 aromatic carbocycles. The third-order valence-electron chi connectivity index (χ3n) is 5.74. The molecule has 1 aliphatic heterocycles. The first-order valence-corrected chi connectivity index (χ1v) is 12.7. The molecule has 0 bridgehead atoms. The molecule has 10 heteroatoms. The van der Waals surface area contributed by atoms with E-state index in [2.05, 4.69) is 20.9 Å². The summed E-state index contributed by atoms with van der Waals surface area (Å²) < 4.78 is 24.2. The average molecular weight is 573 g/mol. The molecule has 0 radical (unpaired) electrons. The monoisotopic (exact) mass is 572 g/mol. The van der Waals surface area contributed by atoms with Crippen LogP contribution in [0, 0.1) is 0 Å². The van der Waals surface area contributed by atoms with Crippen LogP contribution in [0.3, 0.4) is 0 Å². The molecule has 36 heavy (non-hydrogen) atoms. The highest BCUT2D eigenvalue weighted by atomic mass is 79.9. The smallest absolute Gasteiger partial charge is 0.338 e. The van der Waals surface area contributed by atoms with Crippen LogP contribution in [0.1, 0.15) is 31.0 Å². The van der Waals surface area contributed by atoms with Crippen LogP contribution in [0.15, 0.2) is 61.9 Å². The SMILES string of the molecule is CCOC(=O)C1=C(C)N=c2sc(=Cc3cc(Br)c(OC)cc3OC)c(=O)n2[C@H]1c1ccc(OC)cc1. The zero-order valence-electron chi connectivity index (χ0n) is 20.5. The van der Waals surface area contributed by atoms with Crippen molar-refractivity contribution in [3.63, 3.8) is 0 Å². The summed E-state index contributed by atoms with van der Waals surface area (Å²) in [6, 6.07) is 10.1. The third kappa shape index (κ3) is 4.70. The van der Waals surface area contributed by atoms with E-state index >= 15 is 0 Å². The van der Waals surface area contributed by atoms with Gasteiger partial charge in [0.25, 0.3) is 5.56 Å². The second kappa shape index (κ2) is 10.7. The fraction of sp³-hybridized carbons (Fsp3) is 0.269. The Kier molecular flexibility index (Phi) is 7.65. The minimum atomic E-state index is -0.696. The summed E-state index contributed by atoms with van der Waals surface area (Å²) >= 11 is 4.73. The van der Waals surface area contributed by atoms with Crippen molar-refractivity contribution in [2.24, 2.45) is 4.99 Å². The second-order valence-corrected chi connectivity index (χ2v) is 9.67. The molecule has 8 nitrogen and oxygen atoms in total. The minimum absolute atomic E-state index is 0.210. The average Bonchev–Trinajstić information content (AvgIpc) is 3.17. The topological polar surface area (TPSA) is 88.4 Å². The van der Waals surface area contributed by atoms with E-state index in [1.54, 1.807) is 64.0 Å². The van der Waals surface area contributed by atoms with Crippen molar-refractivity contribution < 1.29 is 23.7 Å². The van der Waals surface area contributed by atoms with E-state index < -0.39 is 12.0 Å². The summed E-state index contributed by atoms with van der Waals surface area (Å²) in [5, 5.41) is 0. The maximum atomic E-state index is 13.8. The zero-order valence-corrected chi connectivity index (χ0v) is 22.9. The minimum Gasteiger partial charge on any atom is -0.497 e. The van der Waals surface area contributed by atoms with Crippen LogP contribution >= 0.6 is 27.3 Å². The van der Waals surface area contributed by atoms with Crippen LogP contribution < -0.4 is 29.1 Å². The number of allylic oxidation sites excluding steroid dienone is 1. The van der Waals surface area contributed by atoms with E-state index in [0.717, 1.165) is 10.0 Å². The molecule has 0 N–H and O–H groups in total. The lowest BCUT2D eigenvalue weighted by Crippen LogP contribution is -2.39. The largest absolute Gasteiger partial charge is 0.497 e. The van der Waals surface area contributed by atoms with Crippen molar-refractivity contribution in [1.82, 2.24) is 4.57 Å². The van der Waals surface area contributed by atoms with Crippen LogP contribution in [0.5, 0.6) is 17.2 Å². The Bertz CT molecular complexity index is 1520. The molecule has 0 unspecified atom stereocenters. The Balaban J connectivity index is 1.95. The number of esters is 1. The molecule has 3 aromatic rings. The molecule has 1 aliphatic rings. The molecule has 0 saturated heterocycles. The van der Waals surface area contributed by atoms with Gasteiger partial charge in [-0.3, -0.25) is 9.36 Å². The van der Waals surface area contributed by atoms with Gasteiger partial charge in [0.2, 0.25) is 0 Å². The summed E-state index contributed by atoms with van der Waals surface area (Å²) in [4.78, 5) is 31.9. The van der Waals surface area contributed by atoms with Gasteiger partial charge in [0.05, 0.1) is 54.3 Å². The summed E-state index contributed by atoms with van der Waals surface area (Å²) in [5.74, 6) is 1.33. The van der Waals surface area contributed by atoms with Gasteiger partial charge in [-0.1, -0.05) is 23.5 Å². The van der Waals surface area contributed by atoms with Crippen molar-refractivity contribution in [2.75, 3.05) is 27.9 Å². The summed E-state index contributed by atoms with van der Waals surface area (Å²) in [6.45, 7) is 3.71. The van der Waals surface area contributed by atoms with Crippen LogP contribution in [0.2, 0.25) is 0 Å². The quantitative estimate of drug-likeness (QED) is 0.402. The van der Waals surface area contributed by atoms with Gasteiger partial charge in [-0.2, -0.15) is 0 Å². The number of methoxy groups -OCH3 is 3. The Morgan fingerprint density at radius 3 is 2.42 bits per heavy atom. The van der Waals surface area contributed by atoms with E-state index in [0.29, 0.717) is 43.4 Å². The Morgan fingerprint density at radius 2 is 1.81 bits per heavy atom. The number of rotatable bonds is 7. The van der Waals surface area contributed by atoms with Gasteiger partial charge >= 0.3 is 5.97 Å². The first-order chi connectivity index (χ1) is 17.3. The molecule has 0 aliphatic carbocycles. The van der Waals surface area contributed by atoms with Crippen LogP contribution in [-0.4, -0.2) is 38.5 Å². The standard InChI is InChI=1S/C26H25BrN2O6S/c1-6-35-25(31)22-14(2)28-26-29(23(22)15-7-9-17(32-3)10-8-15)24(30)21(36-26)12-16-11-18(27)20(34-5)13-19(16)33-4/h7-13,23H,6H2,1-5H3/t23-/m0/s1. The number of fused-ring (bicyclic) bond motifs is 1. The first-order valence-electron chi connectivity index (χ1n) is 11.1. The van der Waals surface area contributed by atoms with Crippen molar-refractivity contribution >= 4 is 39.3 Å². The van der Waals surface area contributed by atoms with Gasteiger partial charge in [-0.05, 0) is 59.6 Å². The van der Waals surface area contributed by atoms with Crippen LogP contribution in [0.4, 0.5) is 0 Å². The van der Waals surface area contributed by atoms with E-state index in [9.17, 15) is 9.59 Å². The summed E-state index contributed by atoms with van der Waals surface area (Å²) in [6.07, 6.45) is 1.75. The lowest BCUT2D eigenvalue weighted by molar-refractivity contribution is -0.139. The third-order valence-corrected chi connectivity index (χ3v) is 7.34. The number of carbonyl (C=O) groups is 1. The highest BCUT2D eigenvalue weighted by molar-refractivity contribution is 9.10. The number of hydrogen-bond acceptors (Lipinski definition) is 8. The zero-order chi connectivity index (χ0) is 26.0. The van der Waals surface area contributed by atoms with Crippen molar-refractivity contribution in [1.29, 1.82) is 0 Å². The van der Waals surface area contributed by atoms with Gasteiger partial charge < -0.3 is 18.9 Å². The highest BCUT2D eigenvalue weighted by Gasteiger charge is 2.33.